The summed E-state index contributed by atoms with van der Waals surface area (Å²) in [6.07, 6.45) is 3.24. The number of nitrogens with zero attached hydrogens (tertiary/aromatic N) is 2. The summed E-state index contributed by atoms with van der Waals surface area (Å²) in [6, 6.07) is 0. The average Bonchev–Trinajstić information content (AvgIpc) is 2.43. The van der Waals surface area contributed by atoms with Gasteiger partial charge in [-0.2, -0.15) is 0 Å². The van der Waals surface area contributed by atoms with Crippen molar-refractivity contribution >= 4 is 8.03 Å². The van der Waals surface area contributed by atoms with E-state index in [4.69, 9.17) is 4.89 Å². The second kappa shape index (κ2) is 6.19. The summed E-state index contributed by atoms with van der Waals surface area (Å²) in [4.78, 5) is 7.79. The fourth-order valence-corrected chi connectivity index (χ4v) is 0.167. The van der Waals surface area contributed by atoms with Crippen molar-refractivity contribution in [2.45, 2.75) is 0 Å². The van der Waals surface area contributed by atoms with Gasteiger partial charge in [0.2, 0.25) is 8.03 Å². The SMILES string of the molecule is C=C[PH](=O)O.c1c[nH]nn1. The topological polar surface area (TPSA) is 78.9 Å². The molecule has 6 heteroatoms. The van der Waals surface area contributed by atoms with E-state index in [1.165, 1.54) is 0 Å². The molecule has 1 heterocycles. The van der Waals surface area contributed by atoms with Gasteiger partial charge in [0.05, 0.1) is 6.20 Å². The van der Waals surface area contributed by atoms with Crippen molar-refractivity contribution < 1.29 is 9.46 Å². The van der Waals surface area contributed by atoms with Crippen molar-refractivity contribution in [3.63, 3.8) is 0 Å². The molecule has 1 unspecified atom stereocenters. The zero-order valence-corrected chi connectivity index (χ0v) is 6.19. The van der Waals surface area contributed by atoms with Gasteiger partial charge in [0.1, 0.15) is 0 Å². The van der Waals surface area contributed by atoms with Crippen LogP contribution in [0.4, 0.5) is 0 Å². The molecule has 0 aliphatic heterocycles. The first kappa shape index (κ1) is 9.07. The molecular formula is C4H8N3O2P. The number of aromatic nitrogens is 3. The molecule has 0 saturated heterocycles. The van der Waals surface area contributed by atoms with Crippen LogP contribution in [0.1, 0.15) is 0 Å². The third-order valence-electron chi connectivity index (χ3n) is 0.506. The van der Waals surface area contributed by atoms with E-state index >= 15 is 0 Å². The van der Waals surface area contributed by atoms with Crippen molar-refractivity contribution in [1.29, 1.82) is 0 Å². The molecule has 1 atom stereocenters. The van der Waals surface area contributed by atoms with Crippen LogP contribution in [0.2, 0.25) is 0 Å². The minimum absolute atomic E-state index is 1.02. The second-order valence-electron chi connectivity index (χ2n) is 1.20. The fraction of sp³-hybridized carbons (Fsp3) is 0. The maximum Gasteiger partial charge on any atom is 0.210 e. The van der Waals surface area contributed by atoms with Crippen LogP contribution in [0.3, 0.4) is 0 Å². The van der Waals surface area contributed by atoms with Gasteiger partial charge in [-0.05, 0) is 5.82 Å². The van der Waals surface area contributed by atoms with Gasteiger partial charge in [0.25, 0.3) is 0 Å². The van der Waals surface area contributed by atoms with Crippen LogP contribution in [0, 0.1) is 0 Å². The maximum atomic E-state index is 9.44. The maximum absolute atomic E-state index is 9.44. The van der Waals surface area contributed by atoms with Gasteiger partial charge in [0, 0.05) is 6.20 Å². The van der Waals surface area contributed by atoms with Crippen LogP contribution >= 0.6 is 8.03 Å². The Hall–Kier alpha value is -0.930. The van der Waals surface area contributed by atoms with E-state index in [2.05, 4.69) is 22.0 Å². The smallest absolute Gasteiger partial charge is 0.210 e. The van der Waals surface area contributed by atoms with Crippen molar-refractivity contribution in [2.24, 2.45) is 0 Å². The molecule has 0 spiro atoms. The zero-order valence-electron chi connectivity index (χ0n) is 5.19. The largest absolute Gasteiger partial charge is 0.344 e. The Morgan fingerprint density at radius 1 is 1.80 bits per heavy atom. The van der Waals surface area contributed by atoms with Crippen LogP contribution in [0.25, 0.3) is 0 Å². The van der Waals surface area contributed by atoms with E-state index in [0.717, 1.165) is 5.82 Å². The molecule has 0 bridgehead atoms. The van der Waals surface area contributed by atoms with E-state index in [1.807, 2.05) is 0 Å². The first-order chi connectivity index (χ1) is 4.77. The first-order valence-electron chi connectivity index (χ1n) is 2.43. The molecule has 0 aliphatic rings. The van der Waals surface area contributed by atoms with Crippen LogP contribution in [-0.2, 0) is 4.57 Å². The Balaban J connectivity index is 0.000000162. The predicted molar refractivity (Wildman–Crippen MR) is 37.8 cm³/mol. The molecule has 0 aromatic carbocycles. The molecule has 0 radical (unpaired) electrons. The molecule has 1 rings (SSSR count). The number of nitrogens with one attached hydrogen (secondary N) is 1. The fourth-order valence-electron chi connectivity index (χ4n) is 0.167. The molecule has 2 N–H and O–H groups in total. The summed E-state index contributed by atoms with van der Waals surface area (Å²) >= 11 is 0. The lowest BCUT2D eigenvalue weighted by atomic mass is 11.0. The molecule has 1 aromatic heterocycles. The van der Waals surface area contributed by atoms with Crippen LogP contribution in [0.15, 0.2) is 24.8 Å². The van der Waals surface area contributed by atoms with Gasteiger partial charge < -0.3 is 4.89 Å². The summed E-state index contributed by atoms with van der Waals surface area (Å²) in [6.45, 7) is 3.04. The normalized spacial score (nSPS) is 10.9. The summed E-state index contributed by atoms with van der Waals surface area (Å²) in [5.74, 6) is 1.02. The van der Waals surface area contributed by atoms with Crippen LogP contribution in [0.5, 0.6) is 0 Å². The summed E-state index contributed by atoms with van der Waals surface area (Å²) < 4.78 is 9.44. The molecule has 0 fully saturated rings. The van der Waals surface area contributed by atoms with Crippen LogP contribution < -0.4 is 0 Å². The lowest BCUT2D eigenvalue weighted by molar-refractivity contribution is 0.512. The molecule has 0 amide bonds. The number of rotatable bonds is 1. The highest BCUT2D eigenvalue weighted by molar-refractivity contribution is 7.41. The molecule has 10 heavy (non-hydrogen) atoms. The molecule has 0 saturated carbocycles. The Morgan fingerprint density at radius 2 is 2.40 bits per heavy atom. The lowest BCUT2D eigenvalue weighted by Crippen LogP contribution is -1.61. The summed E-state index contributed by atoms with van der Waals surface area (Å²) in [5, 5.41) is 9.26. The molecule has 56 valence electrons. The van der Waals surface area contributed by atoms with E-state index in [1.54, 1.807) is 12.4 Å². The van der Waals surface area contributed by atoms with Crippen molar-refractivity contribution in [2.75, 3.05) is 0 Å². The third-order valence-corrected chi connectivity index (χ3v) is 0.855. The lowest BCUT2D eigenvalue weighted by Gasteiger charge is -1.66. The van der Waals surface area contributed by atoms with E-state index in [-0.39, 0.29) is 0 Å². The van der Waals surface area contributed by atoms with Crippen molar-refractivity contribution in [3.8, 4) is 0 Å². The van der Waals surface area contributed by atoms with Gasteiger partial charge in [-0.3, -0.25) is 9.66 Å². The highest BCUT2D eigenvalue weighted by atomic mass is 31.1. The molecular weight excluding hydrogens is 153 g/mol. The number of H-pyrrole nitrogens is 1. The van der Waals surface area contributed by atoms with E-state index < -0.39 is 8.03 Å². The van der Waals surface area contributed by atoms with Gasteiger partial charge in [0.15, 0.2) is 0 Å². The monoisotopic (exact) mass is 161 g/mol. The van der Waals surface area contributed by atoms with Crippen molar-refractivity contribution in [1.82, 2.24) is 15.4 Å². The zero-order chi connectivity index (χ0) is 7.82. The Morgan fingerprint density at radius 3 is 2.50 bits per heavy atom. The van der Waals surface area contributed by atoms with Gasteiger partial charge >= 0.3 is 0 Å². The Bertz CT molecular complexity index is 169. The van der Waals surface area contributed by atoms with E-state index in [9.17, 15) is 4.57 Å². The molecule has 5 nitrogen and oxygen atoms in total. The Kier molecular flexibility index (Phi) is 5.62. The highest BCUT2D eigenvalue weighted by Crippen LogP contribution is 2.10. The average molecular weight is 161 g/mol. The standard InChI is InChI=1S/C2H3N3.C2H5O2P/c1-2-4-5-3-1;1-2-5(3)4/h1-2H,(H,3,4,5);2,5H,1H2,(H,3,4). The number of aromatic amines is 1. The van der Waals surface area contributed by atoms with Gasteiger partial charge in [-0.25, -0.2) is 0 Å². The predicted octanol–water partition coefficient (Wildman–Crippen LogP) is 0.402. The minimum Gasteiger partial charge on any atom is -0.344 e. The van der Waals surface area contributed by atoms with E-state index in [0.29, 0.717) is 0 Å². The molecule has 1 aromatic rings. The first-order valence-corrected chi connectivity index (χ1v) is 3.86. The minimum atomic E-state index is -2.36. The van der Waals surface area contributed by atoms with Gasteiger partial charge in [-0.15, -0.1) is 5.10 Å². The van der Waals surface area contributed by atoms with Crippen molar-refractivity contribution in [3.05, 3.63) is 24.8 Å². The van der Waals surface area contributed by atoms with Crippen LogP contribution in [-0.4, -0.2) is 20.3 Å². The summed E-state index contributed by atoms with van der Waals surface area (Å²) in [5.41, 5.74) is 0. The summed E-state index contributed by atoms with van der Waals surface area (Å²) in [7, 11) is -2.36. The van der Waals surface area contributed by atoms with Gasteiger partial charge in [-0.1, -0.05) is 11.8 Å². The molecule has 0 aliphatic carbocycles. The Labute approximate surface area is 58.6 Å². The third kappa shape index (κ3) is 7.07. The quantitative estimate of drug-likeness (QED) is 0.584. The second-order valence-corrected chi connectivity index (χ2v) is 2.29. The number of hydrogen-bond acceptors (Lipinski definition) is 3. The number of hydrogen-bond donors (Lipinski definition) is 2. The highest BCUT2D eigenvalue weighted by Gasteiger charge is 1.68.